The molecule has 0 unspecified atom stereocenters. The maximum Gasteiger partial charge on any atom is 0.209 e. The summed E-state index contributed by atoms with van der Waals surface area (Å²) in [5.41, 5.74) is 8.21. The Balaban J connectivity index is 1.67. The molecule has 0 fully saturated rings. The van der Waals surface area contributed by atoms with Gasteiger partial charge in [-0.2, -0.15) is 4.58 Å². The van der Waals surface area contributed by atoms with Crippen molar-refractivity contribution < 1.29 is 9.06 Å². The predicted molar refractivity (Wildman–Crippen MR) is 142 cm³/mol. The smallest absolute Gasteiger partial charge is 0.209 e. The molecule has 0 atom stereocenters. The van der Waals surface area contributed by atoms with Crippen molar-refractivity contribution in [2.45, 2.75) is 44.9 Å². The van der Waals surface area contributed by atoms with Crippen LogP contribution >= 0.6 is 0 Å². The molecule has 0 radical (unpaired) electrons. The van der Waals surface area contributed by atoms with Crippen LogP contribution in [0.1, 0.15) is 45.2 Å². The number of hydrogen-bond acceptors (Lipinski definition) is 1. The molecule has 0 amide bonds. The number of anilines is 1. The van der Waals surface area contributed by atoms with E-state index in [1.54, 1.807) is 0 Å². The van der Waals surface area contributed by atoms with Crippen LogP contribution in [0.3, 0.4) is 0 Å². The van der Waals surface area contributed by atoms with E-state index in [4.69, 9.17) is 0 Å². The monoisotopic (exact) mass is 443 g/mol. The molecule has 4 rings (SSSR count). The minimum absolute atomic E-state index is 0.00117. The van der Waals surface area contributed by atoms with E-state index in [1.807, 2.05) is 0 Å². The van der Waals surface area contributed by atoms with Gasteiger partial charge in [-0.15, -0.1) is 0 Å². The first-order valence-electron chi connectivity index (χ1n) is 12.2. The SMILES string of the molecule is C[N+]1=C(C=CC=C2N(CCC[N+](C)(C)C)c3ccccc3C2(C)C)C(C)(C)c2ccccc21. The van der Waals surface area contributed by atoms with Crippen LogP contribution in [0.25, 0.3) is 0 Å². The van der Waals surface area contributed by atoms with Gasteiger partial charge in [-0.1, -0.05) is 56.3 Å². The maximum absolute atomic E-state index is 2.55. The van der Waals surface area contributed by atoms with Gasteiger partial charge in [0.15, 0.2) is 5.71 Å². The first-order valence-corrected chi connectivity index (χ1v) is 12.2. The van der Waals surface area contributed by atoms with Crippen molar-refractivity contribution in [3.8, 4) is 0 Å². The van der Waals surface area contributed by atoms with Crippen LogP contribution in [-0.2, 0) is 10.8 Å². The molecular formula is C30H41N3+2. The molecule has 174 valence electrons. The molecule has 0 spiro atoms. The summed E-state index contributed by atoms with van der Waals surface area (Å²) in [7, 11) is 9.01. The van der Waals surface area contributed by atoms with Crippen LogP contribution in [0.2, 0.25) is 0 Å². The number of nitrogens with zero attached hydrogens (tertiary/aromatic N) is 3. The van der Waals surface area contributed by atoms with Gasteiger partial charge in [-0.25, -0.2) is 0 Å². The topological polar surface area (TPSA) is 6.25 Å². The van der Waals surface area contributed by atoms with E-state index in [0.29, 0.717) is 0 Å². The second-order valence-electron chi connectivity index (χ2n) is 11.7. The van der Waals surface area contributed by atoms with Gasteiger partial charge >= 0.3 is 0 Å². The molecule has 3 heteroatoms. The molecule has 0 saturated heterocycles. The van der Waals surface area contributed by atoms with E-state index in [9.17, 15) is 0 Å². The number of rotatable bonds is 6. The number of hydrogen-bond donors (Lipinski definition) is 0. The maximum atomic E-state index is 2.55. The molecule has 0 saturated carbocycles. The summed E-state index contributed by atoms with van der Waals surface area (Å²) >= 11 is 0. The van der Waals surface area contributed by atoms with Gasteiger partial charge in [0.25, 0.3) is 0 Å². The standard InChI is InChI=1S/C30H41N3/c1-29(2)23-15-9-11-17-25(23)31(5)27(29)19-13-20-28-30(3,4)24-16-10-12-18-26(24)32(28)21-14-22-33(6,7)8/h9-13,15-20H,14,21-22H2,1-8H3/q+2. The number of benzene rings is 2. The van der Waals surface area contributed by atoms with Crippen molar-refractivity contribution in [3.63, 3.8) is 0 Å². The van der Waals surface area contributed by atoms with E-state index in [0.717, 1.165) is 24.0 Å². The van der Waals surface area contributed by atoms with Crippen molar-refractivity contribution in [1.29, 1.82) is 0 Å². The number of para-hydroxylation sites is 2. The molecule has 0 aromatic heterocycles. The third kappa shape index (κ3) is 4.19. The molecule has 0 bridgehead atoms. The Morgan fingerprint density at radius 3 is 2.18 bits per heavy atom. The molecule has 2 aliphatic rings. The third-order valence-electron chi connectivity index (χ3n) is 7.46. The van der Waals surface area contributed by atoms with Crippen LogP contribution < -0.4 is 4.90 Å². The summed E-state index contributed by atoms with van der Waals surface area (Å²) in [4.78, 5) is 2.55. The lowest BCUT2D eigenvalue weighted by atomic mass is 9.81. The van der Waals surface area contributed by atoms with Gasteiger partial charge in [0.1, 0.15) is 7.05 Å². The predicted octanol–water partition coefficient (Wildman–Crippen LogP) is 6.03. The van der Waals surface area contributed by atoms with Gasteiger partial charge in [0.2, 0.25) is 5.69 Å². The Morgan fingerprint density at radius 2 is 1.52 bits per heavy atom. The van der Waals surface area contributed by atoms with E-state index in [1.165, 1.54) is 33.9 Å². The molecular weight excluding hydrogens is 402 g/mol. The average molecular weight is 444 g/mol. The molecule has 2 aromatic carbocycles. The number of quaternary nitrogens is 1. The summed E-state index contributed by atoms with van der Waals surface area (Å²) < 4.78 is 3.34. The second-order valence-corrected chi connectivity index (χ2v) is 11.7. The fraction of sp³-hybridized carbons (Fsp3) is 0.433. The Labute approximate surface area is 201 Å². The minimum Gasteiger partial charge on any atom is -0.344 e. The van der Waals surface area contributed by atoms with Crippen LogP contribution in [0.5, 0.6) is 0 Å². The van der Waals surface area contributed by atoms with E-state index in [2.05, 4.69) is 132 Å². The quantitative estimate of drug-likeness (QED) is 0.390. The van der Waals surface area contributed by atoms with Gasteiger partial charge in [-0.05, 0) is 31.6 Å². The highest BCUT2D eigenvalue weighted by Gasteiger charge is 2.43. The highest BCUT2D eigenvalue weighted by molar-refractivity contribution is 6.03. The second kappa shape index (κ2) is 8.29. The number of allylic oxidation sites excluding steroid dienone is 4. The Kier molecular flexibility index (Phi) is 5.90. The van der Waals surface area contributed by atoms with Crippen LogP contribution in [-0.4, -0.2) is 56.1 Å². The zero-order valence-corrected chi connectivity index (χ0v) is 21.8. The van der Waals surface area contributed by atoms with Crippen LogP contribution in [0.15, 0.2) is 72.5 Å². The minimum atomic E-state index is -0.0117. The van der Waals surface area contributed by atoms with Gasteiger partial charge in [0.05, 0.1) is 33.1 Å². The molecule has 0 aliphatic carbocycles. The van der Waals surface area contributed by atoms with E-state index < -0.39 is 0 Å². The van der Waals surface area contributed by atoms with Crippen molar-refractivity contribution in [1.82, 2.24) is 0 Å². The van der Waals surface area contributed by atoms with E-state index in [-0.39, 0.29) is 10.8 Å². The first kappa shape index (κ1) is 23.5. The molecule has 3 nitrogen and oxygen atoms in total. The molecule has 2 heterocycles. The van der Waals surface area contributed by atoms with Gasteiger partial charge in [0, 0.05) is 47.5 Å². The number of fused-ring (bicyclic) bond motifs is 2. The van der Waals surface area contributed by atoms with Crippen molar-refractivity contribution in [3.05, 3.63) is 83.6 Å². The first-order chi connectivity index (χ1) is 15.4. The molecule has 0 N–H and O–H groups in total. The van der Waals surface area contributed by atoms with Crippen LogP contribution in [0, 0.1) is 0 Å². The van der Waals surface area contributed by atoms with Gasteiger partial charge in [-0.3, -0.25) is 0 Å². The summed E-state index contributed by atoms with van der Waals surface area (Å²) in [5, 5.41) is 0. The summed E-state index contributed by atoms with van der Waals surface area (Å²) in [6.07, 6.45) is 8.11. The summed E-state index contributed by atoms with van der Waals surface area (Å²) in [5.74, 6) is 0. The molecule has 2 aromatic rings. The van der Waals surface area contributed by atoms with Crippen molar-refractivity contribution in [2.75, 3.05) is 46.2 Å². The van der Waals surface area contributed by atoms with E-state index >= 15 is 0 Å². The Hall–Kier alpha value is -2.65. The normalized spacial score (nSPS) is 20.1. The summed E-state index contributed by atoms with van der Waals surface area (Å²) in [6, 6.07) is 17.7. The fourth-order valence-corrected chi connectivity index (χ4v) is 5.62. The van der Waals surface area contributed by atoms with Crippen molar-refractivity contribution >= 4 is 17.1 Å². The lowest BCUT2D eigenvalue weighted by molar-refractivity contribution is -0.870. The lowest BCUT2D eigenvalue weighted by Gasteiger charge is -2.29. The largest absolute Gasteiger partial charge is 0.344 e. The summed E-state index contributed by atoms with van der Waals surface area (Å²) in [6.45, 7) is 11.6. The third-order valence-corrected chi connectivity index (χ3v) is 7.46. The fourth-order valence-electron chi connectivity index (χ4n) is 5.62. The Bertz CT molecular complexity index is 1140. The van der Waals surface area contributed by atoms with Gasteiger partial charge < -0.3 is 9.38 Å². The molecule has 33 heavy (non-hydrogen) atoms. The highest BCUT2D eigenvalue weighted by atomic mass is 15.3. The van der Waals surface area contributed by atoms with Crippen LogP contribution in [0.4, 0.5) is 11.4 Å². The molecule has 2 aliphatic heterocycles. The average Bonchev–Trinajstić information content (AvgIpc) is 3.08. The zero-order chi connectivity index (χ0) is 24.0. The Morgan fingerprint density at radius 1 is 0.879 bits per heavy atom. The van der Waals surface area contributed by atoms with Crippen molar-refractivity contribution in [2.24, 2.45) is 0 Å². The lowest BCUT2D eigenvalue weighted by Crippen LogP contribution is -2.37. The highest BCUT2D eigenvalue weighted by Crippen LogP contribution is 2.47. The zero-order valence-electron chi connectivity index (χ0n) is 21.8.